The van der Waals surface area contributed by atoms with Gasteiger partial charge in [0.2, 0.25) is 0 Å². The van der Waals surface area contributed by atoms with Crippen LogP contribution in [-0.4, -0.2) is 37.2 Å². The minimum atomic E-state index is -1.02. The average Bonchev–Trinajstić information content (AvgIpc) is 2.35. The zero-order valence-electron chi connectivity index (χ0n) is 10.8. The molecule has 0 fully saturated rings. The summed E-state index contributed by atoms with van der Waals surface area (Å²) in [6.07, 6.45) is 0. The summed E-state index contributed by atoms with van der Waals surface area (Å²) < 4.78 is 17.9. The standard InChI is InChI=1S/C13H16FNO4/c1-9(13(17)18)7-15(12(16)8-19-2)11-5-3-4-10(14)6-11/h3-6,9H,7-8H2,1-2H3,(H,17,18). The fourth-order valence-electron chi connectivity index (χ4n) is 1.55. The number of hydrogen-bond acceptors (Lipinski definition) is 3. The first-order chi connectivity index (χ1) is 8.95. The van der Waals surface area contributed by atoms with Gasteiger partial charge in [0.1, 0.15) is 12.4 Å². The van der Waals surface area contributed by atoms with E-state index in [2.05, 4.69) is 0 Å². The number of carbonyl (C=O) groups is 2. The van der Waals surface area contributed by atoms with Crippen LogP contribution >= 0.6 is 0 Å². The molecule has 0 aliphatic rings. The third kappa shape index (κ3) is 4.33. The molecule has 1 aromatic rings. The van der Waals surface area contributed by atoms with Gasteiger partial charge in [-0.05, 0) is 18.2 Å². The zero-order valence-corrected chi connectivity index (χ0v) is 10.8. The molecule has 0 saturated carbocycles. The molecule has 6 heteroatoms. The summed E-state index contributed by atoms with van der Waals surface area (Å²) in [5.74, 6) is -2.69. The van der Waals surface area contributed by atoms with Crippen LogP contribution in [-0.2, 0) is 14.3 Å². The number of carboxylic acid groups (broad SMARTS) is 1. The van der Waals surface area contributed by atoms with Gasteiger partial charge >= 0.3 is 5.97 Å². The van der Waals surface area contributed by atoms with Gasteiger partial charge in [0.25, 0.3) is 5.91 Å². The van der Waals surface area contributed by atoms with Crippen molar-refractivity contribution in [1.82, 2.24) is 0 Å². The van der Waals surface area contributed by atoms with Crippen LogP contribution in [0.3, 0.4) is 0 Å². The highest BCUT2D eigenvalue weighted by Gasteiger charge is 2.22. The largest absolute Gasteiger partial charge is 0.481 e. The summed E-state index contributed by atoms with van der Waals surface area (Å²) in [6.45, 7) is 1.25. The number of nitrogens with zero attached hydrogens (tertiary/aromatic N) is 1. The van der Waals surface area contributed by atoms with E-state index in [1.165, 1.54) is 37.1 Å². The Hall–Kier alpha value is -1.95. The molecule has 1 amide bonds. The summed E-state index contributed by atoms with van der Waals surface area (Å²) in [5.41, 5.74) is 0.315. The Bertz CT molecular complexity index is 464. The van der Waals surface area contributed by atoms with Crippen molar-refractivity contribution in [1.29, 1.82) is 0 Å². The number of carbonyl (C=O) groups excluding carboxylic acids is 1. The molecule has 19 heavy (non-hydrogen) atoms. The van der Waals surface area contributed by atoms with Crippen molar-refractivity contribution >= 4 is 17.6 Å². The van der Waals surface area contributed by atoms with E-state index in [9.17, 15) is 14.0 Å². The molecule has 1 atom stereocenters. The van der Waals surface area contributed by atoms with Crippen molar-refractivity contribution in [3.8, 4) is 0 Å². The van der Waals surface area contributed by atoms with Crippen LogP contribution in [0.5, 0.6) is 0 Å². The fourth-order valence-corrected chi connectivity index (χ4v) is 1.55. The van der Waals surface area contributed by atoms with Crippen molar-refractivity contribution in [2.24, 2.45) is 5.92 Å². The number of hydrogen-bond donors (Lipinski definition) is 1. The second-order valence-corrected chi connectivity index (χ2v) is 4.16. The van der Waals surface area contributed by atoms with Crippen LogP contribution in [0.4, 0.5) is 10.1 Å². The van der Waals surface area contributed by atoms with Crippen molar-refractivity contribution in [2.45, 2.75) is 6.92 Å². The molecule has 104 valence electrons. The smallest absolute Gasteiger partial charge is 0.308 e. The molecule has 5 nitrogen and oxygen atoms in total. The third-order valence-corrected chi connectivity index (χ3v) is 2.57. The fraction of sp³-hybridized carbons (Fsp3) is 0.385. The van der Waals surface area contributed by atoms with E-state index in [1.807, 2.05) is 0 Å². The first kappa shape index (κ1) is 15.1. The van der Waals surface area contributed by atoms with Crippen molar-refractivity contribution in [2.75, 3.05) is 25.2 Å². The van der Waals surface area contributed by atoms with Crippen molar-refractivity contribution in [3.05, 3.63) is 30.1 Å². The van der Waals surface area contributed by atoms with Gasteiger partial charge in [-0.2, -0.15) is 0 Å². The maximum absolute atomic E-state index is 13.2. The number of amides is 1. The van der Waals surface area contributed by atoms with E-state index in [0.29, 0.717) is 5.69 Å². The zero-order chi connectivity index (χ0) is 14.4. The lowest BCUT2D eigenvalue weighted by Crippen LogP contribution is -2.39. The lowest BCUT2D eigenvalue weighted by molar-refractivity contribution is -0.140. The highest BCUT2D eigenvalue weighted by atomic mass is 19.1. The van der Waals surface area contributed by atoms with Gasteiger partial charge in [0, 0.05) is 19.3 Å². The molecule has 0 heterocycles. The van der Waals surface area contributed by atoms with Crippen LogP contribution in [0.25, 0.3) is 0 Å². The number of ether oxygens (including phenoxy) is 1. The predicted octanol–water partition coefficient (Wildman–Crippen LogP) is 1.53. The molecule has 0 radical (unpaired) electrons. The van der Waals surface area contributed by atoms with E-state index in [0.717, 1.165) is 0 Å². The van der Waals surface area contributed by atoms with E-state index < -0.39 is 23.6 Å². The number of carboxylic acids is 1. The second-order valence-electron chi connectivity index (χ2n) is 4.16. The minimum Gasteiger partial charge on any atom is -0.481 e. The second kappa shape index (κ2) is 6.84. The Labute approximate surface area is 110 Å². The van der Waals surface area contributed by atoms with Crippen LogP contribution in [0, 0.1) is 11.7 Å². The van der Waals surface area contributed by atoms with Gasteiger partial charge in [0.05, 0.1) is 5.92 Å². The van der Waals surface area contributed by atoms with E-state index in [4.69, 9.17) is 9.84 Å². The summed E-state index contributed by atoms with van der Waals surface area (Å²) in [4.78, 5) is 24.0. The van der Waals surface area contributed by atoms with E-state index >= 15 is 0 Å². The number of anilines is 1. The van der Waals surface area contributed by atoms with Crippen LogP contribution in [0.15, 0.2) is 24.3 Å². The normalized spacial score (nSPS) is 11.9. The van der Waals surface area contributed by atoms with Crippen LogP contribution in [0.2, 0.25) is 0 Å². The van der Waals surface area contributed by atoms with Crippen LogP contribution in [0.1, 0.15) is 6.92 Å². The van der Waals surface area contributed by atoms with Gasteiger partial charge in [-0.1, -0.05) is 13.0 Å². The highest BCUT2D eigenvalue weighted by molar-refractivity contribution is 5.94. The first-order valence-corrected chi connectivity index (χ1v) is 5.73. The highest BCUT2D eigenvalue weighted by Crippen LogP contribution is 2.17. The monoisotopic (exact) mass is 269 g/mol. The number of methoxy groups -OCH3 is 1. The lowest BCUT2D eigenvalue weighted by Gasteiger charge is -2.24. The molecule has 0 bridgehead atoms. The van der Waals surface area contributed by atoms with Gasteiger partial charge < -0.3 is 14.7 Å². The minimum absolute atomic E-state index is 0.0407. The summed E-state index contributed by atoms with van der Waals surface area (Å²) in [5, 5.41) is 8.90. The van der Waals surface area contributed by atoms with Crippen LogP contribution < -0.4 is 4.90 Å². The molecule has 1 unspecified atom stereocenters. The Kier molecular flexibility index (Phi) is 5.44. The van der Waals surface area contributed by atoms with Crippen molar-refractivity contribution < 1.29 is 23.8 Å². The molecule has 1 aromatic carbocycles. The molecule has 0 aliphatic carbocycles. The lowest BCUT2D eigenvalue weighted by atomic mass is 10.1. The molecular formula is C13H16FNO4. The van der Waals surface area contributed by atoms with Gasteiger partial charge in [0.15, 0.2) is 0 Å². The summed E-state index contributed by atoms with van der Waals surface area (Å²) in [6, 6.07) is 5.44. The van der Waals surface area contributed by atoms with Gasteiger partial charge in [-0.15, -0.1) is 0 Å². The molecule has 1 N–H and O–H groups in total. The quantitative estimate of drug-likeness (QED) is 0.850. The number of aliphatic carboxylic acids is 1. The number of rotatable bonds is 6. The average molecular weight is 269 g/mol. The Balaban J connectivity index is 2.98. The SMILES string of the molecule is COCC(=O)N(CC(C)C(=O)O)c1cccc(F)c1. The predicted molar refractivity (Wildman–Crippen MR) is 67.4 cm³/mol. The topological polar surface area (TPSA) is 66.8 Å². The van der Waals surface area contributed by atoms with E-state index in [1.54, 1.807) is 6.07 Å². The molecular weight excluding hydrogens is 253 g/mol. The maximum Gasteiger partial charge on any atom is 0.308 e. The summed E-state index contributed by atoms with van der Waals surface area (Å²) in [7, 11) is 1.36. The Morgan fingerprint density at radius 1 is 1.47 bits per heavy atom. The molecule has 0 saturated heterocycles. The molecule has 0 spiro atoms. The van der Waals surface area contributed by atoms with Gasteiger partial charge in [-0.25, -0.2) is 4.39 Å². The summed E-state index contributed by atoms with van der Waals surface area (Å²) >= 11 is 0. The number of halogens is 1. The molecule has 0 aliphatic heterocycles. The Morgan fingerprint density at radius 3 is 2.68 bits per heavy atom. The molecule has 1 rings (SSSR count). The number of benzene rings is 1. The Morgan fingerprint density at radius 2 is 2.16 bits per heavy atom. The first-order valence-electron chi connectivity index (χ1n) is 5.73. The maximum atomic E-state index is 13.2. The molecule has 0 aromatic heterocycles. The van der Waals surface area contributed by atoms with Gasteiger partial charge in [-0.3, -0.25) is 9.59 Å². The van der Waals surface area contributed by atoms with E-state index in [-0.39, 0.29) is 13.2 Å². The third-order valence-electron chi connectivity index (χ3n) is 2.57. The van der Waals surface area contributed by atoms with Crippen molar-refractivity contribution in [3.63, 3.8) is 0 Å².